The summed E-state index contributed by atoms with van der Waals surface area (Å²) in [7, 11) is 0. The number of allylic oxidation sites excluding steroid dienone is 6. The monoisotopic (exact) mass is 409 g/mol. The SMILES string of the molecule is N#CC(F)=CC=CCC[C@H]1CC[C@H](C=C[C@H]2CC[C@H](c3ccc(F)cc3)CC2)CC1. The molecule has 0 saturated heterocycles. The highest BCUT2D eigenvalue weighted by Crippen LogP contribution is 2.37. The number of hydrogen-bond acceptors (Lipinski definition) is 1. The first-order valence-corrected chi connectivity index (χ1v) is 11.5. The standard InChI is InChI=1S/C27H33F2N/c28-26-18-16-25(17-19-26)24-14-12-23(13-15-24)11-10-22-8-6-21(7-9-22)4-2-1-3-5-27(29)20-30/h1,3,5,10-11,16-19,21-24H,2,4,6-9,12-15H2/t21-,22-,23-,24-. The molecule has 0 heterocycles. The molecule has 0 spiro atoms. The summed E-state index contributed by atoms with van der Waals surface area (Å²) in [6.07, 6.45) is 21.9. The summed E-state index contributed by atoms with van der Waals surface area (Å²) in [4.78, 5) is 0. The summed E-state index contributed by atoms with van der Waals surface area (Å²) < 4.78 is 25.8. The van der Waals surface area contributed by atoms with E-state index in [4.69, 9.17) is 5.26 Å². The van der Waals surface area contributed by atoms with E-state index in [-0.39, 0.29) is 5.82 Å². The van der Waals surface area contributed by atoms with Crippen LogP contribution in [0.5, 0.6) is 0 Å². The first kappa shape index (κ1) is 22.5. The van der Waals surface area contributed by atoms with Crippen molar-refractivity contribution < 1.29 is 8.78 Å². The normalized spacial score (nSPS) is 28.1. The molecule has 30 heavy (non-hydrogen) atoms. The molecule has 0 aromatic heterocycles. The van der Waals surface area contributed by atoms with Gasteiger partial charge in [-0.2, -0.15) is 9.65 Å². The van der Waals surface area contributed by atoms with Crippen molar-refractivity contribution in [3.05, 3.63) is 71.9 Å². The van der Waals surface area contributed by atoms with Crippen LogP contribution in [-0.4, -0.2) is 0 Å². The van der Waals surface area contributed by atoms with Gasteiger partial charge in [0.1, 0.15) is 11.9 Å². The lowest BCUT2D eigenvalue weighted by molar-refractivity contribution is 0.295. The van der Waals surface area contributed by atoms with Gasteiger partial charge >= 0.3 is 0 Å². The second-order valence-electron chi connectivity index (χ2n) is 8.96. The van der Waals surface area contributed by atoms with Crippen molar-refractivity contribution >= 4 is 0 Å². The van der Waals surface area contributed by atoms with Crippen LogP contribution in [-0.2, 0) is 0 Å². The smallest absolute Gasteiger partial charge is 0.199 e. The van der Waals surface area contributed by atoms with Gasteiger partial charge in [0.25, 0.3) is 0 Å². The minimum Gasteiger partial charge on any atom is -0.207 e. The van der Waals surface area contributed by atoms with Crippen molar-refractivity contribution in [2.45, 2.75) is 70.1 Å². The highest BCUT2D eigenvalue weighted by molar-refractivity contribution is 5.21. The van der Waals surface area contributed by atoms with Gasteiger partial charge in [-0.1, -0.05) is 36.4 Å². The first-order valence-electron chi connectivity index (χ1n) is 11.5. The molecule has 160 valence electrons. The molecular weight excluding hydrogens is 376 g/mol. The minimum atomic E-state index is -0.734. The molecule has 3 heteroatoms. The quantitative estimate of drug-likeness (QED) is 0.253. The van der Waals surface area contributed by atoms with E-state index in [9.17, 15) is 8.78 Å². The molecule has 1 aromatic carbocycles. The van der Waals surface area contributed by atoms with Crippen molar-refractivity contribution in [3.63, 3.8) is 0 Å². The van der Waals surface area contributed by atoms with Crippen LogP contribution < -0.4 is 0 Å². The van der Waals surface area contributed by atoms with Gasteiger partial charge in [0.15, 0.2) is 5.83 Å². The number of nitrogens with zero attached hydrogens (tertiary/aromatic N) is 1. The van der Waals surface area contributed by atoms with Crippen LogP contribution >= 0.6 is 0 Å². The van der Waals surface area contributed by atoms with Gasteiger partial charge in [0, 0.05) is 0 Å². The van der Waals surface area contributed by atoms with Crippen LogP contribution in [0.2, 0.25) is 0 Å². The molecule has 2 saturated carbocycles. The molecule has 1 aromatic rings. The molecule has 0 radical (unpaired) electrons. The Morgan fingerprint density at radius 2 is 1.53 bits per heavy atom. The lowest BCUT2D eigenvalue weighted by Crippen LogP contribution is -2.14. The van der Waals surface area contributed by atoms with Gasteiger partial charge in [-0.3, -0.25) is 0 Å². The molecule has 2 fully saturated rings. The predicted molar refractivity (Wildman–Crippen MR) is 119 cm³/mol. The van der Waals surface area contributed by atoms with Crippen LogP contribution in [0.4, 0.5) is 8.78 Å². The Bertz CT molecular complexity index is 768. The predicted octanol–water partition coefficient (Wildman–Crippen LogP) is 8.18. The third kappa shape index (κ3) is 7.24. The number of hydrogen-bond donors (Lipinski definition) is 0. The average Bonchev–Trinajstić information content (AvgIpc) is 2.79. The maximum Gasteiger partial charge on any atom is 0.199 e. The largest absolute Gasteiger partial charge is 0.207 e. The molecule has 0 atom stereocenters. The topological polar surface area (TPSA) is 23.8 Å². The van der Waals surface area contributed by atoms with E-state index < -0.39 is 5.83 Å². The molecule has 0 amide bonds. The van der Waals surface area contributed by atoms with E-state index >= 15 is 0 Å². The Kier molecular flexibility index (Phi) is 8.87. The Morgan fingerprint density at radius 1 is 0.933 bits per heavy atom. The lowest BCUT2D eigenvalue weighted by Gasteiger charge is -2.29. The van der Waals surface area contributed by atoms with Gasteiger partial charge in [-0.25, -0.2) is 4.39 Å². The fourth-order valence-electron chi connectivity index (χ4n) is 4.98. The maximum absolute atomic E-state index is 13.1. The Hall–Kier alpha value is -2.21. The summed E-state index contributed by atoms with van der Waals surface area (Å²) in [6, 6.07) is 8.55. The Morgan fingerprint density at radius 3 is 2.13 bits per heavy atom. The molecular formula is C27H33F2N. The molecule has 2 aliphatic carbocycles. The fourth-order valence-corrected chi connectivity index (χ4v) is 4.98. The van der Waals surface area contributed by atoms with E-state index in [2.05, 4.69) is 12.2 Å². The van der Waals surface area contributed by atoms with E-state index in [0.29, 0.717) is 11.8 Å². The average molecular weight is 410 g/mol. The fraction of sp³-hybridized carbons (Fsp3) is 0.519. The summed E-state index contributed by atoms with van der Waals surface area (Å²) in [6.45, 7) is 0. The molecule has 0 unspecified atom stereocenters. The van der Waals surface area contributed by atoms with E-state index in [0.717, 1.165) is 24.7 Å². The Labute approximate surface area is 180 Å². The van der Waals surface area contributed by atoms with Crippen molar-refractivity contribution in [2.75, 3.05) is 0 Å². The van der Waals surface area contributed by atoms with Crippen LogP contribution in [0.1, 0.15) is 75.7 Å². The zero-order valence-electron chi connectivity index (χ0n) is 17.8. The highest BCUT2D eigenvalue weighted by Gasteiger charge is 2.22. The summed E-state index contributed by atoms with van der Waals surface area (Å²) in [5, 5.41) is 8.37. The second kappa shape index (κ2) is 11.8. The van der Waals surface area contributed by atoms with Crippen LogP contribution in [0.3, 0.4) is 0 Å². The number of halogens is 2. The van der Waals surface area contributed by atoms with Crippen LogP contribution in [0.15, 0.2) is 60.5 Å². The van der Waals surface area contributed by atoms with E-state index in [1.54, 1.807) is 18.2 Å². The minimum absolute atomic E-state index is 0.148. The van der Waals surface area contributed by atoms with Gasteiger partial charge in [-0.05, 0) is 112 Å². The maximum atomic E-state index is 13.1. The van der Waals surface area contributed by atoms with Crippen molar-refractivity contribution in [2.24, 2.45) is 17.8 Å². The number of rotatable bonds is 7. The molecule has 0 bridgehead atoms. The first-order chi connectivity index (χ1) is 14.6. The van der Waals surface area contributed by atoms with E-state index in [1.165, 1.54) is 69.1 Å². The third-order valence-electron chi connectivity index (χ3n) is 6.89. The number of benzene rings is 1. The summed E-state index contributed by atoms with van der Waals surface area (Å²) in [5.74, 6) is 1.90. The van der Waals surface area contributed by atoms with Crippen molar-refractivity contribution in [1.82, 2.24) is 0 Å². The van der Waals surface area contributed by atoms with Crippen LogP contribution in [0, 0.1) is 34.9 Å². The third-order valence-corrected chi connectivity index (χ3v) is 6.89. The lowest BCUT2D eigenvalue weighted by atomic mass is 9.77. The van der Waals surface area contributed by atoms with Gasteiger partial charge in [0.05, 0.1) is 0 Å². The second-order valence-corrected chi connectivity index (χ2v) is 8.96. The zero-order chi connectivity index (χ0) is 21.2. The van der Waals surface area contributed by atoms with Crippen molar-refractivity contribution in [3.8, 4) is 6.07 Å². The van der Waals surface area contributed by atoms with Crippen molar-refractivity contribution in [1.29, 1.82) is 5.26 Å². The molecule has 0 N–H and O–H groups in total. The van der Waals surface area contributed by atoms with Crippen LogP contribution in [0.25, 0.3) is 0 Å². The zero-order valence-corrected chi connectivity index (χ0v) is 17.8. The molecule has 2 aliphatic rings. The van der Waals surface area contributed by atoms with Gasteiger partial charge in [0.2, 0.25) is 0 Å². The summed E-state index contributed by atoms with van der Waals surface area (Å²) >= 11 is 0. The summed E-state index contributed by atoms with van der Waals surface area (Å²) in [5.41, 5.74) is 1.29. The van der Waals surface area contributed by atoms with Gasteiger partial charge < -0.3 is 0 Å². The number of nitriles is 1. The Balaban J connectivity index is 1.32. The molecule has 0 aliphatic heterocycles. The van der Waals surface area contributed by atoms with E-state index in [1.807, 2.05) is 18.2 Å². The van der Waals surface area contributed by atoms with Gasteiger partial charge in [-0.15, -0.1) is 0 Å². The molecule has 3 rings (SSSR count). The molecule has 1 nitrogen and oxygen atoms in total. The highest BCUT2D eigenvalue weighted by atomic mass is 19.1.